The molecule has 6 heteroatoms. The summed E-state index contributed by atoms with van der Waals surface area (Å²) in [5.74, 6) is -0.823. The Bertz CT molecular complexity index is 750. The number of nitrogens with one attached hydrogen (secondary N) is 1. The molecule has 0 unspecified atom stereocenters. The first-order chi connectivity index (χ1) is 10.5. The highest BCUT2D eigenvalue weighted by Crippen LogP contribution is 2.22. The summed E-state index contributed by atoms with van der Waals surface area (Å²) in [6.45, 7) is 0.311. The monoisotopic (exact) mass is 321 g/mol. The zero-order chi connectivity index (χ0) is 16.0. The second-order valence-corrected chi connectivity index (χ2v) is 6.81. The van der Waals surface area contributed by atoms with Gasteiger partial charge in [-0.05, 0) is 24.3 Å². The number of unbranched alkanes of at least 4 members (excludes halogenated alkanes) is 2. The van der Waals surface area contributed by atoms with E-state index in [0.717, 1.165) is 5.39 Å². The maximum atomic E-state index is 12.4. The lowest BCUT2D eigenvalue weighted by atomic mass is 10.1. The lowest BCUT2D eigenvalue weighted by Crippen LogP contribution is -2.25. The first-order valence-electron chi connectivity index (χ1n) is 7.20. The average molecular weight is 321 g/mol. The summed E-state index contributed by atoms with van der Waals surface area (Å²) < 4.78 is 27.3. The maximum Gasteiger partial charge on any atom is 0.303 e. The maximum absolute atomic E-state index is 12.4. The van der Waals surface area contributed by atoms with Crippen LogP contribution in [0.5, 0.6) is 0 Å². The fourth-order valence-electron chi connectivity index (χ4n) is 2.29. The van der Waals surface area contributed by atoms with Crippen LogP contribution >= 0.6 is 0 Å². The van der Waals surface area contributed by atoms with Crippen molar-refractivity contribution in [1.82, 2.24) is 4.72 Å². The third-order valence-electron chi connectivity index (χ3n) is 3.40. The smallest absolute Gasteiger partial charge is 0.303 e. The van der Waals surface area contributed by atoms with Crippen LogP contribution in [0.4, 0.5) is 0 Å². The molecule has 0 saturated carbocycles. The molecule has 5 nitrogen and oxygen atoms in total. The number of hydrogen-bond donors (Lipinski definition) is 2. The molecule has 0 atom stereocenters. The van der Waals surface area contributed by atoms with Crippen molar-refractivity contribution in [2.24, 2.45) is 0 Å². The molecule has 22 heavy (non-hydrogen) atoms. The Morgan fingerprint density at radius 1 is 1.00 bits per heavy atom. The van der Waals surface area contributed by atoms with Crippen molar-refractivity contribution in [2.45, 2.75) is 30.6 Å². The van der Waals surface area contributed by atoms with E-state index in [0.29, 0.717) is 31.2 Å². The van der Waals surface area contributed by atoms with Crippen molar-refractivity contribution in [1.29, 1.82) is 0 Å². The first-order valence-corrected chi connectivity index (χ1v) is 8.68. The van der Waals surface area contributed by atoms with Gasteiger partial charge in [-0.15, -0.1) is 0 Å². The number of rotatable bonds is 8. The van der Waals surface area contributed by atoms with Crippen molar-refractivity contribution >= 4 is 26.8 Å². The largest absolute Gasteiger partial charge is 0.481 e. The van der Waals surface area contributed by atoms with Crippen LogP contribution in [0, 0.1) is 0 Å². The molecule has 2 N–H and O–H groups in total. The minimum Gasteiger partial charge on any atom is -0.481 e. The van der Waals surface area contributed by atoms with E-state index in [1.165, 1.54) is 0 Å². The van der Waals surface area contributed by atoms with Gasteiger partial charge in [0.05, 0.1) is 4.90 Å². The standard InChI is InChI=1S/C16H19NO4S/c18-16(19)11-2-1-5-12-17-22(20,21)15-10-6-8-13-7-3-4-9-14(13)15/h3-4,6-10,17H,1-2,5,11-12H2,(H,18,19). The van der Waals surface area contributed by atoms with E-state index in [9.17, 15) is 13.2 Å². The third-order valence-corrected chi connectivity index (χ3v) is 4.92. The van der Waals surface area contributed by atoms with E-state index in [1.54, 1.807) is 18.2 Å². The molecule has 0 fully saturated rings. The minimum atomic E-state index is -3.56. The number of benzene rings is 2. The molecule has 0 radical (unpaired) electrons. The van der Waals surface area contributed by atoms with E-state index >= 15 is 0 Å². The van der Waals surface area contributed by atoms with Gasteiger partial charge in [0.1, 0.15) is 0 Å². The molecule has 0 saturated heterocycles. The van der Waals surface area contributed by atoms with E-state index in [4.69, 9.17) is 5.11 Å². The van der Waals surface area contributed by atoms with Crippen molar-refractivity contribution < 1.29 is 18.3 Å². The van der Waals surface area contributed by atoms with Crippen LogP contribution in [0.2, 0.25) is 0 Å². The van der Waals surface area contributed by atoms with Crippen LogP contribution in [-0.2, 0) is 14.8 Å². The number of sulfonamides is 1. The second kappa shape index (κ2) is 7.38. The van der Waals surface area contributed by atoms with Gasteiger partial charge in [0.25, 0.3) is 0 Å². The molecule has 0 heterocycles. The number of carboxylic acids is 1. The summed E-state index contributed by atoms with van der Waals surface area (Å²) in [6.07, 6.45) is 1.99. The molecular weight excluding hydrogens is 302 g/mol. The number of aliphatic carboxylic acids is 1. The Balaban J connectivity index is 1.99. The van der Waals surface area contributed by atoms with Gasteiger partial charge in [0.2, 0.25) is 10.0 Å². The molecule has 2 aromatic rings. The SMILES string of the molecule is O=C(O)CCCCCNS(=O)(=O)c1cccc2ccccc12. The average Bonchev–Trinajstić information content (AvgIpc) is 2.50. The minimum absolute atomic E-state index is 0.121. The molecule has 0 amide bonds. The first kappa shape index (κ1) is 16.5. The van der Waals surface area contributed by atoms with E-state index in [-0.39, 0.29) is 11.3 Å². The van der Waals surface area contributed by atoms with Gasteiger partial charge in [-0.1, -0.05) is 42.8 Å². The van der Waals surface area contributed by atoms with Crippen molar-refractivity contribution in [2.75, 3.05) is 6.54 Å². The second-order valence-electron chi connectivity index (χ2n) is 5.08. The fraction of sp³-hybridized carbons (Fsp3) is 0.312. The Morgan fingerprint density at radius 2 is 1.73 bits per heavy atom. The summed E-state index contributed by atoms with van der Waals surface area (Å²) in [7, 11) is -3.56. The topological polar surface area (TPSA) is 83.5 Å². The quantitative estimate of drug-likeness (QED) is 0.732. The van der Waals surface area contributed by atoms with Crippen molar-refractivity contribution in [3.8, 4) is 0 Å². The third kappa shape index (κ3) is 4.29. The van der Waals surface area contributed by atoms with Gasteiger partial charge >= 0.3 is 5.97 Å². The number of carbonyl (C=O) groups is 1. The Labute approximate surface area is 130 Å². The molecule has 0 aliphatic carbocycles. The molecule has 0 aliphatic heterocycles. The predicted molar refractivity (Wildman–Crippen MR) is 85.2 cm³/mol. The molecule has 0 aliphatic rings. The zero-order valence-corrected chi connectivity index (χ0v) is 13.0. The number of fused-ring (bicyclic) bond motifs is 1. The van der Waals surface area contributed by atoms with Crippen molar-refractivity contribution in [3.63, 3.8) is 0 Å². The summed E-state index contributed by atoms with van der Waals surface area (Å²) in [5, 5.41) is 10.1. The summed E-state index contributed by atoms with van der Waals surface area (Å²) in [6, 6.07) is 12.5. The summed E-state index contributed by atoms with van der Waals surface area (Å²) in [4.78, 5) is 10.7. The highest BCUT2D eigenvalue weighted by atomic mass is 32.2. The number of hydrogen-bond acceptors (Lipinski definition) is 3. The molecule has 0 bridgehead atoms. The van der Waals surface area contributed by atoms with Gasteiger partial charge in [0, 0.05) is 18.4 Å². The molecule has 2 rings (SSSR count). The Kier molecular flexibility index (Phi) is 5.51. The predicted octanol–water partition coefficient (Wildman–Crippen LogP) is 2.76. The normalized spacial score (nSPS) is 11.6. The molecule has 118 valence electrons. The zero-order valence-electron chi connectivity index (χ0n) is 12.2. The molecular formula is C16H19NO4S. The number of carboxylic acid groups (broad SMARTS) is 1. The van der Waals surface area contributed by atoms with Crippen LogP contribution in [0.1, 0.15) is 25.7 Å². The lowest BCUT2D eigenvalue weighted by molar-refractivity contribution is -0.137. The fourth-order valence-corrected chi connectivity index (χ4v) is 3.59. The highest BCUT2D eigenvalue weighted by Gasteiger charge is 2.16. The van der Waals surface area contributed by atoms with Gasteiger partial charge < -0.3 is 5.11 Å². The van der Waals surface area contributed by atoms with E-state index in [1.807, 2.05) is 24.3 Å². The molecule has 0 aromatic heterocycles. The van der Waals surface area contributed by atoms with Crippen LogP contribution in [0.25, 0.3) is 10.8 Å². The van der Waals surface area contributed by atoms with Gasteiger partial charge in [-0.3, -0.25) is 4.79 Å². The highest BCUT2D eigenvalue weighted by molar-refractivity contribution is 7.89. The van der Waals surface area contributed by atoms with Crippen LogP contribution < -0.4 is 4.72 Å². The molecule has 0 spiro atoms. The van der Waals surface area contributed by atoms with Crippen LogP contribution in [0.15, 0.2) is 47.4 Å². The Morgan fingerprint density at radius 3 is 2.50 bits per heavy atom. The Hall–Kier alpha value is -1.92. The van der Waals surface area contributed by atoms with E-state index < -0.39 is 16.0 Å². The summed E-state index contributed by atoms with van der Waals surface area (Å²) >= 11 is 0. The van der Waals surface area contributed by atoms with Crippen LogP contribution in [0.3, 0.4) is 0 Å². The van der Waals surface area contributed by atoms with Crippen LogP contribution in [-0.4, -0.2) is 26.0 Å². The lowest BCUT2D eigenvalue weighted by Gasteiger charge is -2.09. The van der Waals surface area contributed by atoms with E-state index in [2.05, 4.69) is 4.72 Å². The van der Waals surface area contributed by atoms with Gasteiger partial charge in [-0.25, -0.2) is 13.1 Å². The van der Waals surface area contributed by atoms with Gasteiger partial charge in [0.15, 0.2) is 0 Å². The summed E-state index contributed by atoms with van der Waals surface area (Å²) in [5.41, 5.74) is 0. The van der Waals surface area contributed by atoms with Crippen molar-refractivity contribution in [3.05, 3.63) is 42.5 Å². The van der Waals surface area contributed by atoms with Gasteiger partial charge in [-0.2, -0.15) is 0 Å². The molecule has 2 aromatic carbocycles.